The Morgan fingerprint density at radius 1 is 1.29 bits per heavy atom. The second-order valence-corrected chi connectivity index (χ2v) is 5.01. The van der Waals surface area contributed by atoms with Crippen LogP contribution in [0.1, 0.15) is 15.9 Å². The highest BCUT2D eigenvalue weighted by Crippen LogP contribution is 2.24. The van der Waals surface area contributed by atoms with Crippen molar-refractivity contribution in [2.45, 2.75) is 6.54 Å². The molecule has 0 aliphatic heterocycles. The number of nitrogen functional groups attached to an aromatic ring is 1. The second kappa shape index (κ2) is 6.10. The molecule has 1 amide bonds. The van der Waals surface area contributed by atoms with E-state index in [2.05, 4.69) is 0 Å². The van der Waals surface area contributed by atoms with Crippen molar-refractivity contribution in [2.24, 2.45) is 0 Å². The predicted octanol–water partition coefficient (Wildman–Crippen LogP) is 3.47. The standard InChI is InChI=1S/C15H13ClF2N2O/c1-20(8-9-5-6-10(17)7-12(9)18)15(21)14-11(16)3-2-4-13(14)19/h2-7H,8,19H2,1H3. The first-order valence-electron chi connectivity index (χ1n) is 6.13. The van der Waals surface area contributed by atoms with Gasteiger partial charge in [-0.2, -0.15) is 0 Å². The van der Waals surface area contributed by atoms with E-state index in [-0.39, 0.29) is 28.4 Å². The molecule has 0 aliphatic rings. The molecule has 0 aliphatic carbocycles. The number of nitrogens with zero attached hydrogens (tertiary/aromatic N) is 1. The van der Waals surface area contributed by atoms with Gasteiger partial charge in [-0.1, -0.05) is 23.7 Å². The van der Waals surface area contributed by atoms with Crippen LogP contribution in [0, 0.1) is 11.6 Å². The van der Waals surface area contributed by atoms with Gasteiger partial charge in [-0.05, 0) is 18.2 Å². The molecule has 2 rings (SSSR count). The summed E-state index contributed by atoms with van der Waals surface area (Å²) in [5, 5.41) is 0.228. The Labute approximate surface area is 125 Å². The van der Waals surface area contributed by atoms with Gasteiger partial charge >= 0.3 is 0 Å². The summed E-state index contributed by atoms with van der Waals surface area (Å²) in [6.07, 6.45) is 0. The van der Waals surface area contributed by atoms with Crippen molar-refractivity contribution in [3.63, 3.8) is 0 Å². The Bertz CT molecular complexity index is 671. The molecule has 0 atom stereocenters. The zero-order valence-corrected chi connectivity index (χ0v) is 12.0. The molecule has 0 fully saturated rings. The molecule has 110 valence electrons. The molecular weight excluding hydrogens is 298 g/mol. The van der Waals surface area contributed by atoms with Crippen LogP contribution in [-0.4, -0.2) is 17.9 Å². The van der Waals surface area contributed by atoms with Gasteiger partial charge in [0.1, 0.15) is 11.6 Å². The average Bonchev–Trinajstić information content (AvgIpc) is 2.41. The number of benzene rings is 2. The van der Waals surface area contributed by atoms with Gasteiger partial charge in [-0.3, -0.25) is 4.79 Å². The molecular formula is C15H13ClF2N2O. The Balaban J connectivity index is 2.24. The normalized spacial score (nSPS) is 10.5. The Morgan fingerprint density at radius 3 is 2.62 bits per heavy atom. The molecule has 0 radical (unpaired) electrons. The molecule has 2 N–H and O–H groups in total. The second-order valence-electron chi connectivity index (χ2n) is 4.60. The van der Waals surface area contributed by atoms with Crippen molar-refractivity contribution in [1.29, 1.82) is 0 Å². The van der Waals surface area contributed by atoms with Crippen molar-refractivity contribution >= 4 is 23.2 Å². The maximum atomic E-state index is 13.6. The number of hydrogen-bond acceptors (Lipinski definition) is 2. The van der Waals surface area contributed by atoms with E-state index in [1.165, 1.54) is 18.0 Å². The SMILES string of the molecule is CN(Cc1ccc(F)cc1F)C(=O)c1c(N)cccc1Cl. The summed E-state index contributed by atoms with van der Waals surface area (Å²) >= 11 is 5.97. The zero-order chi connectivity index (χ0) is 15.6. The average molecular weight is 311 g/mol. The summed E-state index contributed by atoms with van der Waals surface area (Å²) < 4.78 is 26.5. The molecule has 2 aromatic carbocycles. The fourth-order valence-corrected chi connectivity index (χ4v) is 2.20. The molecule has 0 heterocycles. The van der Waals surface area contributed by atoms with Gasteiger partial charge in [0.25, 0.3) is 5.91 Å². The van der Waals surface area contributed by atoms with Crippen molar-refractivity contribution in [2.75, 3.05) is 12.8 Å². The highest BCUT2D eigenvalue weighted by molar-refractivity contribution is 6.34. The topological polar surface area (TPSA) is 46.3 Å². The van der Waals surface area contributed by atoms with Crippen molar-refractivity contribution < 1.29 is 13.6 Å². The number of hydrogen-bond donors (Lipinski definition) is 1. The van der Waals surface area contributed by atoms with Crippen molar-refractivity contribution in [3.05, 3.63) is 64.2 Å². The fourth-order valence-electron chi connectivity index (χ4n) is 1.93. The number of rotatable bonds is 3. The molecule has 3 nitrogen and oxygen atoms in total. The van der Waals surface area contributed by atoms with Crippen LogP contribution in [0.15, 0.2) is 36.4 Å². The minimum absolute atomic E-state index is 0.0182. The van der Waals surface area contributed by atoms with E-state index in [4.69, 9.17) is 17.3 Å². The maximum absolute atomic E-state index is 13.6. The summed E-state index contributed by atoms with van der Waals surface area (Å²) in [5.41, 5.74) is 6.37. The molecule has 0 saturated heterocycles. The van der Waals surface area contributed by atoms with Gasteiger partial charge < -0.3 is 10.6 Å². The molecule has 0 saturated carbocycles. The first-order chi connectivity index (χ1) is 9.90. The first kappa shape index (κ1) is 15.3. The summed E-state index contributed by atoms with van der Waals surface area (Å²) in [6, 6.07) is 7.96. The fraction of sp³-hybridized carbons (Fsp3) is 0.133. The number of carbonyl (C=O) groups excluding carboxylic acids is 1. The minimum Gasteiger partial charge on any atom is -0.398 e. The molecule has 0 aromatic heterocycles. The quantitative estimate of drug-likeness (QED) is 0.882. The van der Waals surface area contributed by atoms with Crippen molar-refractivity contribution in [3.8, 4) is 0 Å². The number of carbonyl (C=O) groups is 1. The third kappa shape index (κ3) is 3.31. The van der Waals surface area contributed by atoms with Gasteiger partial charge in [0.2, 0.25) is 0 Å². The number of nitrogens with two attached hydrogens (primary N) is 1. The third-order valence-corrected chi connectivity index (χ3v) is 3.34. The van der Waals surface area contributed by atoms with Crippen LogP contribution in [0.2, 0.25) is 5.02 Å². The van der Waals surface area contributed by atoms with Crippen LogP contribution in [-0.2, 0) is 6.54 Å². The molecule has 21 heavy (non-hydrogen) atoms. The Morgan fingerprint density at radius 2 is 2.00 bits per heavy atom. The summed E-state index contributed by atoms with van der Waals surface area (Å²) in [6.45, 7) is -0.0182. The zero-order valence-electron chi connectivity index (χ0n) is 11.2. The molecule has 2 aromatic rings. The van der Waals surface area contributed by atoms with Crippen LogP contribution in [0.4, 0.5) is 14.5 Å². The van der Waals surface area contributed by atoms with Gasteiger partial charge in [0.05, 0.1) is 10.6 Å². The number of amides is 1. The van der Waals surface area contributed by atoms with E-state index in [1.807, 2.05) is 0 Å². The molecule has 0 unspecified atom stereocenters. The van der Waals surface area contributed by atoms with E-state index < -0.39 is 17.5 Å². The summed E-state index contributed by atoms with van der Waals surface area (Å²) in [4.78, 5) is 13.6. The van der Waals surface area contributed by atoms with Crippen LogP contribution < -0.4 is 5.73 Å². The van der Waals surface area contributed by atoms with Gasteiger partial charge in [0, 0.05) is 30.9 Å². The lowest BCUT2D eigenvalue weighted by Crippen LogP contribution is -2.27. The highest BCUT2D eigenvalue weighted by Gasteiger charge is 2.19. The largest absolute Gasteiger partial charge is 0.398 e. The summed E-state index contributed by atoms with van der Waals surface area (Å²) in [5.74, 6) is -1.80. The minimum atomic E-state index is -0.707. The monoisotopic (exact) mass is 310 g/mol. The van der Waals surface area contributed by atoms with E-state index in [9.17, 15) is 13.6 Å². The highest BCUT2D eigenvalue weighted by atomic mass is 35.5. The van der Waals surface area contributed by atoms with Crippen LogP contribution in [0.3, 0.4) is 0 Å². The maximum Gasteiger partial charge on any atom is 0.257 e. The van der Waals surface area contributed by atoms with Gasteiger partial charge in [-0.15, -0.1) is 0 Å². The molecule has 6 heteroatoms. The van der Waals surface area contributed by atoms with Crippen molar-refractivity contribution in [1.82, 2.24) is 4.90 Å². The summed E-state index contributed by atoms with van der Waals surface area (Å²) in [7, 11) is 1.49. The Kier molecular flexibility index (Phi) is 4.43. The number of anilines is 1. The predicted molar refractivity (Wildman–Crippen MR) is 78.0 cm³/mol. The third-order valence-electron chi connectivity index (χ3n) is 3.03. The number of halogens is 3. The lowest BCUT2D eigenvalue weighted by Gasteiger charge is -2.19. The van der Waals surface area contributed by atoms with E-state index >= 15 is 0 Å². The smallest absolute Gasteiger partial charge is 0.257 e. The van der Waals surface area contributed by atoms with E-state index in [1.54, 1.807) is 18.2 Å². The van der Waals surface area contributed by atoms with E-state index in [0.29, 0.717) is 0 Å². The van der Waals surface area contributed by atoms with E-state index in [0.717, 1.165) is 12.1 Å². The first-order valence-corrected chi connectivity index (χ1v) is 6.51. The van der Waals surface area contributed by atoms with Crippen LogP contribution in [0.5, 0.6) is 0 Å². The van der Waals surface area contributed by atoms with Crippen LogP contribution >= 0.6 is 11.6 Å². The van der Waals surface area contributed by atoms with Gasteiger partial charge in [-0.25, -0.2) is 8.78 Å². The lowest BCUT2D eigenvalue weighted by atomic mass is 10.1. The molecule has 0 spiro atoms. The van der Waals surface area contributed by atoms with Crippen LogP contribution in [0.25, 0.3) is 0 Å². The van der Waals surface area contributed by atoms with Gasteiger partial charge in [0.15, 0.2) is 0 Å². The molecule has 0 bridgehead atoms. The lowest BCUT2D eigenvalue weighted by molar-refractivity contribution is 0.0785. The Hall–Kier alpha value is -2.14.